The van der Waals surface area contributed by atoms with Crippen molar-refractivity contribution >= 4 is 11.5 Å². The minimum absolute atomic E-state index is 0.146. The topological polar surface area (TPSA) is 90.8 Å². The number of nitrogens with two attached hydrogens (primary N) is 1. The fourth-order valence-corrected chi connectivity index (χ4v) is 1.41. The van der Waals surface area contributed by atoms with E-state index < -0.39 is 0 Å². The van der Waals surface area contributed by atoms with Crippen LogP contribution in [0.4, 0.5) is 11.5 Å². The molecule has 0 bridgehead atoms. The predicted octanol–water partition coefficient (Wildman–Crippen LogP) is -0.329. The maximum absolute atomic E-state index is 11.6. The molecule has 0 aliphatic rings. The molecule has 2 aromatic rings. The van der Waals surface area contributed by atoms with Gasteiger partial charge in [0.2, 0.25) is 0 Å². The van der Waals surface area contributed by atoms with E-state index in [9.17, 15) is 4.79 Å². The van der Waals surface area contributed by atoms with E-state index in [0.29, 0.717) is 24.6 Å². The molecule has 0 aliphatic carbocycles. The smallest absolute Gasteiger partial charge is 0.293 e. The van der Waals surface area contributed by atoms with E-state index in [1.807, 2.05) is 0 Å². The average Bonchev–Trinajstić information content (AvgIpc) is 2.70. The van der Waals surface area contributed by atoms with Crippen molar-refractivity contribution in [2.24, 2.45) is 7.05 Å². The van der Waals surface area contributed by atoms with Crippen molar-refractivity contribution in [1.29, 1.82) is 0 Å². The van der Waals surface area contributed by atoms with Crippen LogP contribution in [0.3, 0.4) is 0 Å². The second-order valence-electron chi connectivity index (χ2n) is 3.66. The molecule has 2 heterocycles. The lowest BCUT2D eigenvalue weighted by molar-refractivity contribution is 0.636. The third-order valence-electron chi connectivity index (χ3n) is 2.30. The van der Waals surface area contributed by atoms with Crippen LogP contribution in [0.15, 0.2) is 29.6 Å². The third kappa shape index (κ3) is 2.63. The Morgan fingerprint density at radius 2 is 2.35 bits per heavy atom. The molecule has 0 unspecified atom stereocenters. The highest BCUT2D eigenvalue weighted by molar-refractivity contribution is 5.31. The highest BCUT2D eigenvalue weighted by Gasteiger charge is 2.01. The minimum Gasteiger partial charge on any atom is -0.396 e. The Labute approximate surface area is 97.9 Å². The van der Waals surface area contributed by atoms with Crippen LogP contribution in [0.5, 0.6) is 0 Å². The maximum Gasteiger partial charge on any atom is 0.293 e. The monoisotopic (exact) mass is 234 g/mol. The van der Waals surface area contributed by atoms with Crippen LogP contribution >= 0.6 is 0 Å². The fourth-order valence-electron chi connectivity index (χ4n) is 1.41. The first-order valence-electron chi connectivity index (χ1n) is 5.20. The number of hydrogen-bond donors (Lipinski definition) is 2. The lowest BCUT2D eigenvalue weighted by atomic mass is 10.5. The lowest BCUT2D eigenvalue weighted by Crippen LogP contribution is -2.23. The van der Waals surface area contributed by atoms with Crippen molar-refractivity contribution in [3.63, 3.8) is 0 Å². The number of hydrogen-bond acceptors (Lipinski definition) is 5. The Balaban J connectivity index is 1.94. The fraction of sp³-hybridized carbons (Fsp3) is 0.300. The maximum atomic E-state index is 11.6. The standard InChI is InChI=1S/C10H14N6O/c1-15-4-2-12-9(10(15)17)13-3-5-16-7-8(11)6-14-16/h2,4,6-7H,3,5,11H2,1H3,(H,12,13). The molecule has 0 saturated carbocycles. The minimum atomic E-state index is -0.146. The van der Waals surface area contributed by atoms with Crippen molar-refractivity contribution in [1.82, 2.24) is 19.3 Å². The van der Waals surface area contributed by atoms with E-state index in [1.165, 1.54) is 4.57 Å². The van der Waals surface area contributed by atoms with Gasteiger partial charge in [0.1, 0.15) is 0 Å². The van der Waals surface area contributed by atoms with Gasteiger partial charge >= 0.3 is 0 Å². The van der Waals surface area contributed by atoms with E-state index in [0.717, 1.165) is 0 Å². The summed E-state index contributed by atoms with van der Waals surface area (Å²) in [4.78, 5) is 15.6. The zero-order valence-electron chi connectivity index (χ0n) is 9.50. The van der Waals surface area contributed by atoms with Gasteiger partial charge in [-0.05, 0) is 0 Å². The molecule has 0 aromatic carbocycles. The van der Waals surface area contributed by atoms with Gasteiger partial charge in [0, 0.05) is 32.2 Å². The number of aryl methyl sites for hydroxylation is 1. The second kappa shape index (κ2) is 4.69. The van der Waals surface area contributed by atoms with Gasteiger partial charge in [-0.15, -0.1) is 0 Å². The summed E-state index contributed by atoms with van der Waals surface area (Å²) >= 11 is 0. The Morgan fingerprint density at radius 1 is 1.53 bits per heavy atom. The first-order chi connectivity index (χ1) is 8.16. The van der Waals surface area contributed by atoms with Crippen LogP contribution in [-0.2, 0) is 13.6 Å². The molecular weight excluding hydrogens is 220 g/mol. The predicted molar refractivity (Wildman–Crippen MR) is 64.6 cm³/mol. The molecule has 17 heavy (non-hydrogen) atoms. The average molecular weight is 234 g/mol. The highest BCUT2D eigenvalue weighted by Crippen LogP contribution is 1.97. The van der Waals surface area contributed by atoms with Gasteiger partial charge in [-0.1, -0.05) is 0 Å². The lowest BCUT2D eigenvalue weighted by Gasteiger charge is -2.05. The second-order valence-corrected chi connectivity index (χ2v) is 3.66. The first-order valence-corrected chi connectivity index (χ1v) is 5.20. The van der Waals surface area contributed by atoms with E-state index in [2.05, 4.69) is 15.4 Å². The summed E-state index contributed by atoms with van der Waals surface area (Å²) in [6, 6.07) is 0. The molecule has 0 spiro atoms. The van der Waals surface area contributed by atoms with Crippen LogP contribution in [0.25, 0.3) is 0 Å². The van der Waals surface area contributed by atoms with Gasteiger partial charge in [-0.2, -0.15) is 5.10 Å². The van der Waals surface area contributed by atoms with Gasteiger partial charge in [0.15, 0.2) is 5.82 Å². The van der Waals surface area contributed by atoms with Gasteiger partial charge in [-0.25, -0.2) is 4.98 Å². The highest BCUT2D eigenvalue weighted by atomic mass is 16.1. The molecule has 0 fully saturated rings. The normalized spacial score (nSPS) is 10.4. The van der Waals surface area contributed by atoms with Gasteiger partial charge in [0.05, 0.1) is 18.4 Å². The number of nitrogens with one attached hydrogen (secondary N) is 1. The van der Waals surface area contributed by atoms with E-state index in [4.69, 9.17) is 5.73 Å². The number of rotatable bonds is 4. The molecule has 0 atom stereocenters. The van der Waals surface area contributed by atoms with Gasteiger partial charge < -0.3 is 15.6 Å². The van der Waals surface area contributed by atoms with Crippen molar-refractivity contribution in [2.75, 3.05) is 17.6 Å². The Bertz CT molecular complexity index is 558. The molecule has 0 radical (unpaired) electrons. The first kappa shape index (κ1) is 11.2. The summed E-state index contributed by atoms with van der Waals surface area (Å²) < 4.78 is 3.18. The zero-order chi connectivity index (χ0) is 12.3. The molecule has 2 rings (SSSR count). The van der Waals surface area contributed by atoms with Crippen molar-refractivity contribution < 1.29 is 0 Å². The summed E-state index contributed by atoms with van der Waals surface area (Å²) in [6.45, 7) is 1.18. The summed E-state index contributed by atoms with van der Waals surface area (Å²) in [5.41, 5.74) is 6.01. The van der Waals surface area contributed by atoms with Crippen molar-refractivity contribution in [2.45, 2.75) is 6.54 Å². The summed E-state index contributed by atoms with van der Waals surface area (Å²) in [5.74, 6) is 0.343. The molecule has 0 saturated heterocycles. The van der Waals surface area contributed by atoms with E-state index >= 15 is 0 Å². The molecule has 7 heteroatoms. The summed E-state index contributed by atoms with van der Waals surface area (Å²) in [5, 5.41) is 7.00. The summed E-state index contributed by atoms with van der Waals surface area (Å²) in [6.07, 6.45) is 6.51. The van der Waals surface area contributed by atoms with E-state index in [1.54, 1.807) is 36.5 Å². The van der Waals surface area contributed by atoms with Crippen LogP contribution in [0.1, 0.15) is 0 Å². The number of aromatic nitrogens is 4. The van der Waals surface area contributed by atoms with Crippen LogP contribution in [0.2, 0.25) is 0 Å². The van der Waals surface area contributed by atoms with Crippen molar-refractivity contribution in [3.05, 3.63) is 35.1 Å². The number of anilines is 2. The molecule has 7 nitrogen and oxygen atoms in total. The van der Waals surface area contributed by atoms with E-state index in [-0.39, 0.29) is 5.56 Å². The molecule has 2 aromatic heterocycles. The molecule has 90 valence electrons. The number of nitrogen functional groups attached to an aromatic ring is 1. The SMILES string of the molecule is Cn1ccnc(NCCn2cc(N)cn2)c1=O. The quantitative estimate of drug-likeness (QED) is 0.756. The molecule has 0 aliphatic heterocycles. The van der Waals surface area contributed by atoms with Gasteiger partial charge in [0.25, 0.3) is 5.56 Å². The third-order valence-corrected chi connectivity index (χ3v) is 2.30. The van der Waals surface area contributed by atoms with Gasteiger partial charge in [-0.3, -0.25) is 9.48 Å². The Hall–Kier alpha value is -2.31. The number of nitrogens with zero attached hydrogens (tertiary/aromatic N) is 4. The Morgan fingerprint density at radius 3 is 3.06 bits per heavy atom. The van der Waals surface area contributed by atoms with Crippen LogP contribution < -0.4 is 16.6 Å². The van der Waals surface area contributed by atoms with Crippen LogP contribution in [0, 0.1) is 0 Å². The molecular formula is C10H14N6O. The van der Waals surface area contributed by atoms with Crippen molar-refractivity contribution in [3.8, 4) is 0 Å². The molecule has 3 N–H and O–H groups in total. The summed E-state index contributed by atoms with van der Waals surface area (Å²) in [7, 11) is 1.68. The Kier molecular flexibility index (Phi) is 3.08. The van der Waals surface area contributed by atoms with Crippen LogP contribution in [-0.4, -0.2) is 25.9 Å². The molecule has 0 amide bonds. The zero-order valence-corrected chi connectivity index (χ0v) is 9.50. The largest absolute Gasteiger partial charge is 0.396 e.